The predicted molar refractivity (Wildman–Crippen MR) is 100 cm³/mol. The second-order valence-corrected chi connectivity index (χ2v) is 7.09. The van der Waals surface area contributed by atoms with E-state index in [-0.39, 0.29) is 18.6 Å². The first-order chi connectivity index (χ1) is 12.5. The Morgan fingerprint density at radius 3 is 2.85 bits per heavy atom. The highest BCUT2D eigenvalue weighted by atomic mass is 32.2. The number of hydrogen-bond acceptors (Lipinski definition) is 6. The lowest BCUT2D eigenvalue weighted by Gasteiger charge is -2.13. The fraction of sp³-hybridized carbons (Fsp3) is 0.333. The third-order valence-corrected chi connectivity index (χ3v) is 4.76. The van der Waals surface area contributed by atoms with Gasteiger partial charge in [0.15, 0.2) is 0 Å². The summed E-state index contributed by atoms with van der Waals surface area (Å²) >= 11 is 1.46. The van der Waals surface area contributed by atoms with E-state index in [2.05, 4.69) is 20.4 Å². The molecule has 136 valence electrons. The number of fused-ring (bicyclic) bond motifs is 1. The molecule has 2 aromatic heterocycles. The van der Waals surface area contributed by atoms with Gasteiger partial charge in [0.1, 0.15) is 0 Å². The van der Waals surface area contributed by atoms with Crippen molar-refractivity contribution in [3.05, 3.63) is 52.8 Å². The third-order valence-electron chi connectivity index (χ3n) is 3.87. The first-order valence-corrected chi connectivity index (χ1v) is 9.30. The highest BCUT2D eigenvalue weighted by Gasteiger charge is 2.14. The lowest BCUT2D eigenvalue weighted by Crippen LogP contribution is -2.35. The smallest absolute Gasteiger partial charge is 0.253 e. The third kappa shape index (κ3) is 4.03. The number of aryl methyl sites for hydroxylation is 2. The van der Waals surface area contributed by atoms with Gasteiger partial charge in [-0.3, -0.25) is 4.79 Å². The number of carbonyl (C=O) groups excluding carboxylic acids is 1. The van der Waals surface area contributed by atoms with Gasteiger partial charge in [-0.05, 0) is 38.5 Å². The Morgan fingerprint density at radius 2 is 2.08 bits per heavy atom. The van der Waals surface area contributed by atoms with E-state index < -0.39 is 0 Å². The fourth-order valence-electron chi connectivity index (χ4n) is 2.57. The Morgan fingerprint density at radius 1 is 1.31 bits per heavy atom. The van der Waals surface area contributed by atoms with E-state index >= 15 is 0 Å². The number of hydrogen-bond donors (Lipinski definition) is 2. The molecule has 0 aliphatic rings. The van der Waals surface area contributed by atoms with Gasteiger partial charge in [0.2, 0.25) is 5.16 Å². The summed E-state index contributed by atoms with van der Waals surface area (Å²) in [5.41, 5.74) is 3.36. The average Bonchev–Trinajstić information content (AvgIpc) is 3.03. The molecule has 7 nitrogen and oxygen atoms in total. The van der Waals surface area contributed by atoms with Crippen molar-refractivity contribution in [3.63, 3.8) is 0 Å². The largest absolute Gasteiger partial charge is 0.394 e. The lowest BCUT2D eigenvalue weighted by molar-refractivity contribution is 0.0921. The van der Waals surface area contributed by atoms with Crippen molar-refractivity contribution in [2.75, 3.05) is 6.61 Å². The minimum absolute atomic E-state index is 0.0976. The molecule has 1 amide bonds. The lowest BCUT2D eigenvalue weighted by atomic mass is 10.1. The molecular formula is C18H21N5O2S. The minimum Gasteiger partial charge on any atom is -0.394 e. The number of thioether (sulfide) groups is 1. The number of carbonyl (C=O) groups is 1. The molecule has 2 N–H and O–H groups in total. The van der Waals surface area contributed by atoms with Crippen LogP contribution in [-0.4, -0.2) is 43.2 Å². The van der Waals surface area contributed by atoms with Gasteiger partial charge in [-0.25, -0.2) is 9.50 Å². The molecule has 0 saturated heterocycles. The highest BCUT2D eigenvalue weighted by molar-refractivity contribution is 7.98. The van der Waals surface area contributed by atoms with E-state index in [9.17, 15) is 4.79 Å². The molecule has 3 rings (SSSR count). The average molecular weight is 371 g/mol. The molecular weight excluding hydrogens is 350 g/mol. The van der Waals surface area contributed by atoms with Gasteiger partial charge in [-0.2, -0.15) is 4.98 Å². The van der Waals surface area contributed by atoms with Crippen molar-refractivity contribution in [1.82, 2.24) is 24.9 Å². The zero-order chi connectivity index (χ0) is 18.7. The number of nitrogens with zero attached hydrogens (tertiary/aromatic N) is 4. The number of benzene rings is 1. The molecule has 1 unspecified atom stereocenters. The summed E-state index contributed by atoms with van der Waals surface area (Å²) in [4.78, 5) is 21.2. The van der Waals surface area contributed by atoms with Crippen molar-refractivity contribution < 1.29 is 9.90 Å². The second-order valence-electron chi connectivity index (χ2n) is 6.15. The van der Waals surface area contributed by atoms with Gasteiger partial charge in [-0.15, -0.1) is 5.10 Å². The van der Waals surface area contributed by atoms with E-state index in [4.69, 9.17) is 5.11 Å². The van der Waals surface area contributed by atoms with Crippen LogP contribution < -0.4 is 5.32 Å². The molecule has 0 spiro atoms. The zero-order valence-corrected chi connectivity index (χ0v) is 15.7. The van der Waals surface area contributed by atoms with Crippen LogP contribution in [0.2, 0.25) is 0 Å². The molecule has 0 radical (unpaired) electrons. The van der Waals surface area contributed by atoms with Crippen LogP contribution in [0.15, 0.2) is 35.5 Å². The second kappa shape index (κ2) is 7.84. The fourth-order valence-corrected chi connectivity index (χ4v) is 3.39. The van der Waals surface area contributed by atoms with E-state index in [1.54, 1.807) is 17.5 Å². The zero-order valence-electron chi connectivity index (χ0n) is 14.9. The van der Waals surface area contributed by atoms with Gasteiger partial charge >= 0.3 is 0 Å². The van der Waals surface area contributed by atoms with Crippen molar-refractivity contribution >= 4 is 23.4 Å². The molecule has 1 atom stereocenters. The summed E-state index contributed by atoms with van der Waals surface area (Å²) < 4.78 is 1.72. The maximum absolute atomic E-state index is 12.4. The summed E-state index contributed by atoms with van der Waals surface area (Å²) in [7, 11) is 0. The van der Waals surface area contributed by atoms with Crippen LogP contribution in [0.4, 0.5) is 0 Å². The molecule has 3 aromatic rings. The molecule has 0 aliphatic carbocycles. The Hall–Kier alpha value is -2.45. The van der Waals surface area contributed by atoms with Crippen LogP contribution in [0.3, 0.4) is 0 Å². The Kier molecular flexibility index (Phi) is 5.53. The molecule has 0 bridgehead atoms. The standard InChI is InChI=1S/C18H21N5O2S/c1-11-8-13(3)23-17(20-11)21-18(22-23)26-10-14-6-4-5-7-15(14)16(25)19-12(2)9-24/h4-8,12,24H,9-10H2,1-3H3,(H,19,25). The van der Waals surface area contributed by atoms with Crippen molar-refractivity contribution in [2.45, 2.75) is 37.7 Å². The number of aromatic nitrogens is 4. The van der Waals surface area contributed by atoms with Crippen molar-refractivity contribution in [2.24, 2.45) is 0 Å². The first kappa shape index (κ1) is 18.3. The summed E-state index contributed by atoms with van der Waals surface area (Å²) in [5, 5.41) is 17.0. The van der Waals surface area contributed by atoms with Gasteiger partial charge in [0.05, 0.1) is 6.61 Å². The Balaban J connectivity index is 1.78. The predicted octanol–water partition coefficient (Wildman–Crippen LogP) is 2.14. The van der Waals surface area contributed by atoms with Crippen LogP contribution in [0.1, 0.15) is 34.2 Å². The highest BCUT2D eigenvalue weighted by Crippen LogP contribution is 2.22. The molecule has 0 aliphatic heterocycles. The number of amides is 1. The molecule has 2 heterocycles. The van der Waals surface area contributed by atoms with Crippen LogP contribution >= 0.6 is 11.8 Å². The SMILES string of the molecule is Cc1cc(C)n2nc(SCc3ccccc3C(=O)NC(C)CO)nc2n1. The van der Waals surface area contributed by atoms with Gasteiger partial charge in [0, 0.05) is 28.7 Å². The van der Waals surface area contributed by atoms with E-state index in [1.807, 2.05) is 38.1 Å². The van der Waals surface area contributed by atoms with Crippen LogP contribution in [0, 0.1) is 13.8 Å². The van der Waals surface area contributed by atoms with E-state index in [1.165, 1.54) is 11.8 Å². The van der Waals surface area contributed by atoms with Crippen LogP contribution in [-0.2, 0) is 5.75 Å². The topological polar surface area (TPSA) is 92.4 Å². The first-order valence-electron chi connectivity index (χ1n) is 8.31. The van der Waals surface area contributed by atoms with E-state index in [0.717, 1.165) is 17.0 Å². The van der Waals surface area contributed by atoms with Crippen LogP contribution in [0.5, 0.6) is 0 Å². The number of nitrogens with one attached hydrogen (secondary N) is 1. The van der Waals surface area contributed by atoms with Crippen LogP contribution in [0.25, 0.3) is 5.78 Å². The minimum atomic E-state index is -0.291. The van der Waals surface area contributed by atoms with Gasteiger partial charge in [0.25, 0.3) is 11.7 Å². The molecule has 0 saturated carbocycles. The number of aliphatic hydroxyl groups excluding tert-OH is 1. The quantitative estimate of drug-likeness (QED) is 0.645. The van der Waals surface area contributed by atoms with Gasteiger partial charge < -0.3 is 10.4 Å². The molecule has 26 heavy (non-hydrogen) atoms. The number of rotatable bonds is 6. The summed E-state index contributed by atoms with van der Waals surface area (Å²) in [6, 6.07) is 9.08. The molecule has 8 heteroatoms. The normalized spacial score (nSPS) is 12.3. The molecule has 1 aromatic carbocycles. The maximum atomic E-state index is 12.4. The van der Waals surface area contributed by atoms with Crippen molar-refractivity contribution in [1.29, 1.82) is 0 Å². The monoisotopic (exact) mass is 371 g/mol. The Labute approximate surface area is 155 Å². The number of aliphatic hydroxyl groups is 1. The summed E-state index contributed by atoms with van der Waals surface area (Å²) in [5.74, 6) is 0.943. The van der Waals surface area contributed by atoms with E-state index in [0.29, 0.717) is 22.3 Å². The summed E-state index contributed by atoms with van der Waals surface area (Å²) in [6.45, 7) is 5.55. The van der Waals surface area contributed by atoms with Crippen molar-refractivity contribution in [3.8, 4) is 0 Å². The Bertz CT molecular complexity index is 940. The molecule has 0 fully saturated rings. The maximum Gasteiger partial charge on any atom is 0.253 e. The summed E-state index contributed by atoms with van der Waals surface area (Å²) in [6.07, 6.45) is 0. The van der Waals surface area contributed by atoms with Gasteiger partial charge in [-0.1, -0.05) is 30.0 Å².